The molecule has 3 aromatic rings. The molecule has 6 nitrogen and oxygen atoms in total. The number of fused-ring (bicyclic) bond motifs is 1. The summed E-state index contributed by atoms with van der Waals surface area (Å²) in [7, 11) is 0. The number of carbonyl (C=O) groups is 1. The van der Waals surface area contributed by atoms with E-state index in [0.717, 1.165) is 27.8 Å². The number of para-hydroxylation sites is 1. The highest BCUT2D eigenvalue weighted by Crippen LogP contribution is 2.23. The van der Waals surface area contributed by atoms with Crippen molar-refractivity contribution in [3.05, 3.63) is 69.2 Å². The molecule has 0 saturated heterocycles. The summed E-state index contributed by atoms with van der Waals surface area (Å²) in [6.45, 7) is 0.445. The Labute approximate surface area is 135 Å². The zero-order valence-corrected chi connectivity index (χ0v) is 12.9. The SMILES string of the molecule is O=C(NCCc1cccc2cccnc12)c1ccc([N+](=O)[O-])s1. The number of nitrogens with one attached hydrogen (secondary N) is 1. The van der Waals surface area contributed by atoms with E-state index < -0.39 is 4.92 Å². The Kier molecular flexibility index (Phi) is 4.29. The van der Waals surface area contributed by atoms with E-state index in [1.807, 2.05) is 30.3 Å². The van der Waals surface area contributed by atoms with Crippen molar-refractivity contribution in [2.24, 2.45) is 0 Å². The number of nitro groups is 1. The minimum atomic E-state index is -0.497. The Hall–Kier alpha value is -2.80. The van der Waals surface area contributed by atoms with Crippen molar-refractivity contribution >= 4 is 33.1 Å². The summed E-state index contributed by atoms with van der Waals surface area (Å²) in [5.74, 6) is -0.295. The van der Waals surface area contributed by atoms with Gasteiger partial charge in [0.2, 0.25) is 0 Å². The van der Waals surface area contributed by atoms with Crippen LogP contribution in [0.1, 0.15) is 15.2 Å². The maximum Gasteiger partial charge on any atom is 0.324 e. The molecule has 0 radical (unpaired) electrons. The first kappa shape index (κ1) is 15.1. The minimum Gasteiger partial charge on any atom is -0.351 e. The zero-order chi connectivity index (χ0) is 16.2. The average Bonchev–Trinajstić information content (AvgIpc) is 3.05. The van der Waals surface area contributed by atoms with Crippen LogP contribution in [0.3, 0.4) is 0 Å². The Morgan fingerprint density at radius 3 is 2.83 bits per heavy atom. The highest BCUT2D eigenvalue weighted by molar-refractivity contribution is 7.17. The van der Waals surface area contributed by atoms with Gasteiger partial charge >= 0.3 is 5.00 Å². The molecule has 1 amide bonds. The van der Waals surface area contributed by atoms with Gasteiger partial charge < -0.3 is 5.32 Å². The molecular weight excluding hydrogens is 314 g/mol. The van der Waals surface area contributed by atoms with Gasteiger partial charge in [0.15, 0.2) is 0 Å². The van der Waals surface area contributed by atoms with Crippen LogP contribution < -0.4 is 5.32 Å². The number of thiophene rings is 1. The van der Waals surface area contributed by atoms with Crippen molar-refractivity contribution in [1.82, 2.24) is 10.3 Å². The molecule has 7 heteroatoms. The summed E-state index contributed by atoms with van der Waals surface area (Å²) in [6.07, 6.45) is 2.39. The van der Waals surface area contributed by atoms with Crippen LogP contribution in [0.15, 0.2) is 48.7 Å². The second kappa shape index (κ2) is 6.53. The number of hydrogen-bond acceptors (Lipinski definition) is 5. The van der Waals surface area contributed by atoms with E-state index in [-0.39, 0.29) is 10.9 Å². The van der Waals surface area contributed by atoms with Crippen molar-refractivity contribution in [1.29, 1.82) is 0 Å². The number of rotatable bonds is 5. The summed E-state index contributed by atoms with van der Waals surface area (Å²) in [5, 5.41) is 14.4. The molecule has 23 heavy (non-hydrogen) atoms. The van der Waals surface area contributed by atoms with E-state index >= 15 is 0 Å². The predicted molar refractivity (Wildman–Crippen MR) is 88.8 cm³/mol. The van der Waals surface area contributed by atoms with Gasteiger partial charge in [0.1, 0.15) is 0 Å². The van der Waals surface area contributed by atoms with Gasteiger partial charge in [0.05, 0.1) is 15.3 Å². The van der Waals surface area contributed by atoms with Gasteiger partial charge in [-0.15, -0.1) is 0 Å². The lowest BCUT2D eigenvalue weighted by Crippen LogP contribution is -2.24. The lowest BCUT2D eigenvalue weighted by Gasteiger charge is -2.06. The van der Waals surface area contributed by atoms with Gasteiger partial charge in [-0.1, -0.05) is 35.6 Å². The molecule has 0 saturated carbocycles. The van der Waals surface area contributed by atoms with Crippen LogP contribution in [0.25, 0.3) is 10.9 Å². The monoisotopic (exact) mass is 327 g/mol. The highest BCUT2D eigenvalue weighted by atomic mass is 32.1. The number of hydrogen-bond donors (Lipinski definition) is 1. The first-order valence-electron chi connectivity index (χ1n) is 7.00. The summed E-state index contributed by atoms with van der Waals surface area (Å²) >= 11 is 0.874. The lowest BCUT2D eigenvalue weighted by molar-refractivity contribution is -0.380. The molecule has 0 aliphatic rings. The van der Waals surface area contributed by atoms with Crippen molar-refractivity contribution in [2.75, 3.05) is 6.54 Å². The molecule has 0 bridgehead atoms. The summed E-state index contributed by atoms with van der Waals surface area (Å²) < 4.78 is 0. The van der Waals surface area contributed by atoms with Crippen LogP contribution in [0.5, 0.6) is 0 Å². The Bertz CT molecular complexity index is 870. The van der Waals surface area contributed by atoms with Crippen LogP contribution >= 0.6 is 11.3 Å². The fourth-order valence-corrected chi connectivity index (χ4v) is 3.05. The third-order valence-electron chi connectivity index (χ3n) is 3.39. The summed E-state index contributed by atoms with van der Waals surface area (Å²) in [6, 6.07) is 12.6. The largest absolute Gasteiger partial charge is 0.351 e. The van der Waals surface area contributed by atoms with Gasteiger partial charge in [0, 0.05) is 24.2 Å². The standard InChI is InChI=1S/C16H13N3O3S/c20-16(13-6-7-14(23-13)19(21)22)18-10-8-12-4-1-3-11-5-2-9-17-15(11)12/h1-7,9H,8,10H2,(H,18,20). The number of aromatic nitrogens is 1. The first-order valence-corrected chi connectivity index (χ1v) is 7.82. The Morgan fingerprint density at radius 2 is 2.04 bits per heavy atom. The second-order valence-corrected chi connectivity index (χ2v) is 5.96. The molecule has 3 rings (SSSR count). The highest BCUT2D eigenvalue weighted by Gasteiger charge is 2.14. The van der Waals surface area contributed by atoms with E-state index in [0.29, 0.717) is 17.8 Å². The molecule has 0 unspecified atom stereocenters. The molecule has 2 aromatic heterocycles. The van der Waals surface area contributed by atoms with E-state index in [1.165, 1.54) is 12.1 Å². The molecule has 0 aliphatic heterocycles. The van der Waals surface area contributed by atoms with Crippen molar-refractivity contribution in [2.45, 2.75) is 6.42 Å². The van der Waals surface area contributed by atoms with Crippen LogP contribution in [-0.4, -0.2) is 22.4 Å². The molecule has 0 aliphatic carbocycles. The number of carbonyl (C=O) groups excluding carboxylic acids is 1. The number of amides is 1. The van der Waals surface area contributed by atoms with Gasteiger partial charge in [0.25, 0.3) is 5.91 Å². The van der Waals surface area contributed by atoms with Gasteiger partial charge in [-0.3, -0.25) is 19.9 Å². The molecule has 1 N–H and O–H groups in total. The van der Waals surface area contributed by atoms with Crippen molar-refractivity contribution < 1.29 is 9.72 Å². The third-order valence-corrected chi connectivity index (χ3v) is 4.43. The van der Waals surface area contributed by atoms with Gasteiger partial charge in [-0.05, 0) is 24.1 Å². The normalized spacial score (nSPS) is 10.6. The number of pyridine rings is 1. The van der Waals surface area contributed by atoms with Crippen molar-refractivity contribution in [3.63, 3.8) is 0 Å². The topological polar surface area (TPSA) is 85.1 Å². The van der Waals surface area contributed by atoms with E-state index in [1.54, 1.807) is 6.20 Å². The minimum absolute atomic E-state index is 0.0339. The zero-order valence-electron chi connectivity index (χ0n) is 12.1. The Balaban J connectivity index is 1.64. The molecule has 0 fully saturated rings. The maximum absolute atomic E-state index is 12.0. The van der Waals surface area contributed by atoms with Gasteiger partial charge in [-0.2, -0.15) is 0 Å². The van der Waals surface area contributed by atoms with Crippen LogP contribution in [-0.2, 0) is 6.42 Å². The predicted octanol–water partition coefficient (Wildman–Crippen LogP) is 3.18. The van der Waals surface area contributed by atoms with Gasteiger partial charge in [-0.25, -0.2) is 0 Å². The Morgan fingerprint density at radius 1 is 1.22 bits per heavy atom. The fourth-order valence-electron chi connectivity index (χ4n) is 2.31. The van der Waals surface area contributed by atoms with E-state index in [9.17, 15) is 14.9 Å². The summed E-state index contributed by atoms with van der Waals surface area (Å²) in [5.41, 5.74) is 1.98. The van der Waals surface area contributed by atoms with Crippen LogP contribution in [0.2, 0.25) is 0 Å². The van der Waals surface area contributed by atoms with Crippen molar-refractivity contribution in [3.8, 4) is 0 Å². The molecule has 116 valence electrons. The quantitative estimate of drug-likeness (QED) is 0.576. The smallest absolute Gasteiger partial charge is 0.324 e. The lowest BCUT2D eigenvalue weighted by atomic mass is 10.1. The molecule has 0 atom stereocenters. The summed E-state index contributed by atoms with van der Waals surface area (Å²) in [4.78, 5) is 26.9. The second-order valence-electron chi connectivity index (χ2n) is 4.89. The maximum atomic E-state index is 12.0. The third kappa shape index (κ3) is 3.35. The van der Waals surface area contributed by atoms with Crippen LogP contribution in [0, 0.1) is 10.1 Å². The van der Waals surface area contributed by atoms with Crippen LogP contribution in [0.4, 0.5) is 5.00 Å². The molecular formula is C16H13N3O3S. The average molecular weight is 327 g/mol. The molecule has 0 spiro atoms. The number of benzene rings is 1. The molecule has 2 heterocycles. The van der Waals surface area contributed by atoms with E-state index in [4.69, 9.17) is 0 Å². The van der Waals surface area contributed by atoms with E-state index in [2.05, 4.69) is 10.3 Å². The first-order chi connectivity index (χ1) is 11.1. The fraction of sp³-hybridized carbons (Fsp3) is 0.125. The molecule has 1 aromatic carbocycles. The number of nitrogens with zero attached hydrogens (tertiary/aromatic N) is 2.